The summed E-state index contributed by atoms with van der Waals surface area (Å²) in [7, 11) is -4.07. The largest absolute Gasteiger partial charge is 0.295 e. The van der Waals surface area contributed by atoms with Crippen molar-refractivity contribution in [3.05, 3.63) is 93.3 Å². The molecule has 0 amide bonds. The van der Waals surface area contributed by atoms with E-state index in [1.165, 1.54) is 30.3 Å². The van der Waals surface area contributed by atoms with Gasteiger partial charge in [0.15, 0.2) is 0 Å². The second-order valence-corrected chi connectivity index (χ2v) is 8.83. The van der Waals surface area contributed by atoms with Gasteiger partial charge in [0.05, 0.1) is 21.2 Å². The number of sulfonamides is 1. The standard InChI is InChI=1S/C22H21FN4O4S/c1-14-8-10-20(15(2)12-14)26-32(30,31)17-9-11-21(22(13-17)27(28)29)25-24-16(3)18-6-4-5-7-19(18)23/h4-13,25-26H,1-3H3. The van der Waals surface area contributed by atoms with E-state index >= 15 is 0 Å². The van der Waals surface area contributed by atoms with E-state index in [0.717, 1.165) is 17.2 Å². The molecular weight excluding hydrogens is 435 g/mol. The number of nitro groups is 1. The van der Waals surface area contributed by atoms with E-state index in [9.17, 15) is 22.9 Å². The topological polar surface area (TPSA) is 114 Å². The first-order valence-corrected chi connectivity index (χ1v) is 11.0. The molecule has 0 saturated carbocycles. The Kier molecular flexibility index (Phi) is 6.54. The van der Waals surface area contributed by atoms with Crippen LogP contribution in [0.1, 0.15) is 23.6 Å². The minimum atomic E-state index is -4.07. The summed E-state index contributed by atoms with van der Waals surface area (Å²) in [6.07, 6.45) is 0. The van der Waals surface area contributed by atoms with Gasteiger partial charge in [-0.05, 0) is 50.6 Å². The highest BCUT2D eigenvalue weighted by Crippen LogP contribution is 2.29. The van der Waals surface area contributed by atoms with Gasteiger partial charge in [-0.2, -0.15) is 5.10 Å². The minimum Gasteiger partial charge on any atom is -0.279 e. The quantitative estimate of drug-likeness (QED) is 0.295. The molecule has 0 aliphatic rings. The molecule has 8 nitrogen and oxygen atoms in total. The van der Waals surface area contributed by atoms with Gasteiger partial charge in [-0.25, -0.2) is 12.8 Å². The third kappa shape index (κ3) is 5.09. The number of aryl methyl sites for hydroxylation is 2. The number of halogens is 1. The average molecular weight is 456 g/mol. The normalized spacial score (nSPS) is 11.8. The lowest BCUT2D eigenvalue weighted by atomic mass is 10.1. The van der Waals surface area contributed by atoms with E-state index in [1.807, 2.05) is 13.0 Å². The third-order valence-electron chi connectivity index (χ3n) is 4.71. The number of nitrogens with zero attached hydrogens (tertiary/aromatic N) is 2. The molecule has 2 N–H and O–H groups in total. The van der Waals surface area contributed by atoms with E-state index in [0.29, 0.717) is 5.69 Å². The van der Waals surface area contributed by atoms with Gasteiger partial charge in [0.1, 0.15) is 11.5 Å². The number of hydrogen-bond acceptors (Lipinski definition) is 6. The molecule has 3 rings (SSSR count). The van der Waals surface area contributed by atoms with E-state index in [1.54, 1.807) is 32.0 Å². The van der Waals surface area contributed by atoms with Crippen molar-refractivity contribution in [2.45, 2.75) is 25.7 Å². The monoisotopic (exact) mass is 456 g/mol. The molecule has 0 aromatic heterocycles. The Bertz CT molecular complexity index is 1320. The fraction of sp³-hybridized carbons (Fsp3) is 0.136. The molecule has 0 radical (unpaired) electrons. The Morgan fingerprint density at radius 3 is 2.38 bits per heavy atom. The van der Waals surface area contributed by atoms with Crippen molar-refractivity contribution in [3.8, 4) is 0 Å². The number of hydrogen-bond donors (Lipinski definition) is 2. The molecule has 3 aromatic rings. The molecule has 10 heteroatoms. The lowest BCUT2D eigenvalue weighted by molar-refractivity contribution is -0.384. The van der Waals surface area contributed by atoms with Gasteiger partial charge >= 0.3 is 0 Å². The van der Waals surface area contributed by atoms with Crippen molar-refractivity contribution in [2.24, 2.45) is 5.10 Å². The van der Waals surface area contributed by atoms with E-state index < -0.39 is 26.5 Å². The highest BCUT2D eigenvalue weighted by atomic mass is 32.2. The lowest BCUT2D eigenvalue weighted by Crippen LogP contribution is -2.14. The lowest BCUT2D eigenvalue weighted by Gasteiger charge is -2.12. The van der Waals surface area contributed by atoms with Gasteiger partial charge in [0.25, 0.3) is 15.7 Å². The second kappa shape index (κ2) is 9.15. The van der Waals surface area contributed by atoms with Crippen molar-refractivity contribution >= 4 is 32.8 Å². The summed E-state index contributed by atoms with van der Waals surface area (Å²) in [5, 5.41) is 15.6. The van der Waals surface area contributed by atoms with Crippen LogP contribution in [-0.2, 0) is 10.0 Å². The molecule has 0 atom stereocenters. The highest BCUT2D eigenvalue weighted by Gasteiger charge is 2.22. The zero-order valence-corrected chi connectivity index (χ0v) is 18.4. The third-order valence-corrected chi connectivity index (χ3v) is 6.07. The van der Waals surface area contributed by atoms with Crippen LogP contribution in [0.2, 0.25) is 0 Å². The molecule has 3 aromatic carbocycles. The molecule has 32 heavy (non-hydrogen) atoms. The average Bonchev–Trinajstić information content (AvgIpc) is 2.74. The van der Waals surface area contributed by atoms with E-state index in [4.69, 9.17) is 0 Å². The first-order chi connectivity index (χ1) is 15.1. The van der Waals surface area contributed by atoms with E-state index in [-0.39, 0.29) is 21.9 Å². The fourth-order valence-electron chi connectivity index (χ4n) is 3.01. The molecule has 0 aliphatic heterocycles. The van der Waals surface area contributed by atoms with Crippen LogP contribution in [0.3, 0.4) is 0 Å². The van der Waals surface area contributed by atoms with Gasteiger partial charge in [-0.1, -0.05) is 35.9 Å². The molecule has 0 bridgehead atoms. The molecule has 166 valence electrons. The van der Waals surface area contributed by atoms with Crippen LogP contribution in [0.15, 0.2) is 70.7 Å². The Balaban J connectivity index is 1.91. The van der Waals surface area contributed by atoms with Crippen molar-refractivity contribution in [1.82, 2.24) is 0 Å². The Morgan fingerprint density at radius 2 is 1.72 bits per heavy atom. The number of nitrogens with one attached hydrogen (secondary N) is 2. The Labute approximate surface area is 185 Å². The number of nitro benzene ring substituents is 1. The summed E-state index contributed by atoms with van der Waals surface area (Å²) in [5.74, 6) is -0.482. The maximum absolute atomic E-state index is 13.9. The predicted molar refractivity (Wildman–Crippen MR) is 122 cm³/mol. The summed E-state index contributed by atoms with van der Waals surface area (Å²) in [5.41, 5.74) is 4.59. The van der Waals surface area contributed by atoms with Gasteiger partial charge in [0, 0.05) is 11.6 Å². The summed E-state index contributed by atoms with van der Waals surface area (Å²) in [4.78, 5) is 10.6. The molecule has 0 heterocycles. The Morgan fingerprint density at radius 1 is 1.03 bits per heavy atom. The van der Waals surface area contributed by atoms with Crippen LogP contribution in [0.4, 0.5) is 21.5 Å². The maximum Gasteiger partial charge on any atom is 0.295 e. The highest BCUT2D eigenvalue weighted by molar-refractivity contribution is 7.92. The van der Waals surface area contributed by atoms with Gasteiger partial charge in [0.2, 0.25) is 0 Å². The molecule has 0 unspecified atom stereocenters. The number of rotatable bonds is 7. The van der Waals surface area contributed by atoms with Crippen molar-refractivity contribution < 1.29 is 17.7 Å². The van der Waals surface area contributed by atoms with Crippen LogP contribution in [0, 0.1) is 29.8 Å². The zero-order valence-electron chi connectivity index (χ0n) is 17.6. The molecule has 0 saturated heterocycles. The maximum atomic E-state index is 13.9. The molecule has 0 aliphatic carbocycles. The van der Waals surface area contributed by atoms with Crippen LogP contribution in [-0.4, -0.2) is 19.1 Å². The summed E-state index contributed by atoms with van der Waals surface area (Å²) < 4.78 is 41.9. The minimum absolute atomic E-state index is 0.0313. The summed E-state index contributed by atoms with van der Waals surface area (Å²) >= 11 is 0. The molecular formula is C22H21FN4O4S. The van der Waals surface area contributed by atoms with Crippen molar-refractivity contribution in [1.29, 1.82) is 0 Å². The van der Waals surface area contributed by atoms with E-state index in [2.05, 4.69) is 15.2 Å². The van der Waals surface area contributed by atoms with Crippen LogP contribution >= 0.6 is 0 Å². The SMILES string of the molecule is CC(=NNc1ccc(S(=O)(=O)Nc2ccc(C)cc2C)cc1[N+](=O)[O-])c1ccccc1F. The summed E-state index contributed by atoms with van der Waals surface area (Å²) in [6, 6.07) is 14.6. The summed E-state index contributed by atoms with van der Waals surface area (Å²) in [6.45, 7) is 5.19. The number of benzene rings is 3. The number of anilines is 2. The fourth-order valence-corrected chi connectivity index (χ4v) is 4.17. The van der Waals surface area contributed by atoms with Gasteiger partial charge < -0.3 is 0 Å². The smallest absolute Gasteiger partial charge is 0.279 e. The Hall–Kier alpha value is -3.79. The van der Waals surface area contributed by atoms with Gasteiger partial charge in [-0.15, -0.1) is 0 Å². The van der Waals surface area contributed by atoms with Crippen LogP contribution in [0.5, 0.6) is 0 Å². The van der Waals surface area contributed by atoms with Crippen molar-refractivity contribution in [2.75, 3.05) is 10.1 Å². The van der Waals surface area contributed by atoms with Crippen LogP contribution in [0.25, 0.3) is 0 Å². The second-order valence-electron chi connectivity index (χ2n) is 7.15. The van der Waals surface area contributed by atoms with Crippen LogP contribution < -0.4 is 10.1 Å². The first kappa shape index (κ1) is 22.9. The van der Waals surface area contributed by atoms with Gasteiger partial charge in [-0.3, -0.25) is 20.3 Å². The molecule has 0 fully saturated rings. The predicted octanol–water partition coefficient (Wildman–Crippen LogP) is 4.99. The zero-order chi connectivity index (χ0) is 23.5. The number of hydrazone groups is 1. The van der Waals surface area contributed by atoms with Crippen molar-refractivity contribution in [3.63, 3.8) is 0 Å². The first-order valence-electron chi connectivity index (χ1n) is 9.52. The molecule has 0 spiro atoms.